The Morgan fingerprint density at radius 2 is 2.12 bits per heavy atom. The summed E-state index contributed by atoms with van der Waals surface area (Å²) in [6.45, 7) is 2.90. The van der Waals surface area contributed by atoms with E-state index in [1.165, 1.54) is 24.8 Å². The quantitative estimate of drug-likeness (QED) is 0.646. The van der Waals surface area contributed by atoms with Gasteiger partial charge in [0.15, 0.2) is 0 Å². The number of ketones is 1. The summed E-state index contributed by atoms with van der Waals surface area (Å²) in [6.07, 6.45) is 12.3. The van der Waals surface area contributed by atoms with Gasteiger partial charge in [0, 0.05) is 17.9 Å². The minimum atomic E-state index is 0.0617. The number of imidazole rings is 1. The molecule has 1 unspecified atom stereocenters. The van der Waals surface area contributed by atoms with Gasteiger partial charge in [-0.05, 0) is 30.9 Å². The van der Waals surface area contributed by atoms with Gasteiger partial charge in [0.05, 0.1) is 30.9 Å². The lowest BCUT2D eigenvalue weighted by molar-refractivity contribution is -0.124. The van der Waals surface area contributed by atoms with Gasteiger partial charge in [-0.25, -0.2) is 4.98 Å². The molecule has 1 aliphatic carbocycles. The van der Waals surface area contributed by atoms with Crippen LogP contribution in [0.1, 0.15) is 69.9 Å². The van der Waals surface area contributed by atoms with Crippen LogP contribution in [0, 0.1) is 5.92 Å². The molecule has 2 aliphatic rings. The first-order valence-electron chi connectivity index (χ1n) is 10.1. The summed E-state index contributed by atoms with van der Waals surface area (Å²) in [6, 6.07) is 6.30. The van der Waals surface area contributed by atoms with Crippen LogP contribution < -0.4 is 4.74 Å². The number of rotatable bonds is 7. The van der Waals surface area contributed by atoms with Gasteiger partial charge in [-0.15, -0.1) is 0 Å². The van der Waals surface area contributed by atoms with Crippen molar-refractivity contribution >= 4 is 5.78 Å². The zero-order chi connectivity index (χ0) is 17.9. The molecule has 1 fully saturated rings. The van der Waals surface area contributed by atoms with E-state index in [9.17, 15) is 4.79 Å². The highest BCUT2D eigenvalue weighted by Gasteiger charge is 2.34. The van der Waals surface area contributed by atoms with Crippen LogP contribution in [0.3, 0.4) is 0 Å². The van der Waals surface area contributed by atoms with Crippen LogP contribution in [0.15, 0.2) is 30.7 Å². The first-order valence-corrected chi connectivity index (χ1v) is 10.1. The van der Waals surface area contributed by atoms with Crippen LogP contribution in [-0.2, 0) is 4.79 Å². The number of aromatic nitrogens is 2. The summed E-state index contributed by atoms with van der Waals surface area (Å²) in [5, 5.41) is 0. The van der Waals surface area contributed by atoms with E-state index in [2.05, 4.69) is 28.6 Å². The van der Waals surface area contributed by atoms with Crippen LogP contribution >= 0.6 is 0 Å². The second kappa shape index (κ2) is 7.65. The molecule has 4 heteroatoms. The number of unbranched alkanes of at least 4 members (excludes halogenated alkanes) is 1. The van der Waals surface area contributed by atoms with Crippen LogP contribution in [0.25, 0.3) is 11.3 Å². The standard InChI is InChI=1S/C22H28N2O2/c1-2-3-12-26-21-11-7-10-17-18(24-15-23-14-19(24)22(17)21)13-20(25)16-8-5-4-6-9-16/h7,10-11,14-16,18H,2-6,8-9,12-13H2,1H3. The number of ether oxygens (including phenoxy) is 1. The van der Waals surface area contributed by atoms with Gasteiger partial charge >= 0.3 is 0 Å². The second-order valence-electron chi connectivity index (χ2n) is 7.63. The highest BCUT2D eigenvalue weighted by molar-refractivity contribution is 5.84. The van der Waals surface area contributed by atoms with Crippen molar-refractivity contribution in [3.63, 3.8) is 0 Å². The smallest absolute Gasteiger partial charge is 0.138 e. The molecular formula is C22H28N2O2. The lowest BCUT2D eigenvalue weighted by Gasteiger charge is -2.22. The van der Waals surface area contributed by atoms with Crippen molar-refractivity contribution in [2.24, 2.45) is 5.92 Å². The molecule has 1 aromatic carbocycles. The fourth-order valence-electron chi connectivity index (χ4n) is 4.43. The Balaban J connectivity index is 1.60. The normalized spacial score (nSPS) is 19.2. The summed E-state index contributed by atoms with van der Waals surface area (Å²) in [5.41, 5.74) is 3.41. The van der Waals surface area contributed by atoms with Gasteiger partial charge in [-0.1, -0.05) is 44.7 Å². The van der Waals surface area contributed by atoms with Crippen molar-refractivity contribution < 1.29 is 9.53 Å². The Bertz CT molecular complexity index is 774. The van der Waals surface area contributed by atoms with Crippen LogP contribution in [0.5, 0.6) is 5.75 Å². The number of carbonyl (C=O) groups excluding carboxylic acids is 1. The average Bonchev–Trinajstić information content (AvgIpc) is 3.25. The molecule has 1 aliphatic heterocycles. The molecule has 0 radical (unpaired) electrons. The maximum Gasteiger partial charge on any atom is 0.138 e. The zero-order valence-electron chi connectivity index (χ0n) is 15.6. The van der Waals surface area contributed by atoms with Crippen LogP contribution in [-0.4, -0.2) is 21.9 Å². The Morgan fingerprint density at radius 1 is 1.27 bits per heavy atom. The van der Waals surface area contributed by atoms with Gasteiger partial charge in [0.2, 0.25) is 0 Å². The summed E-state index contributed by atoms with van der Waals surface area (Å²) in [5.74, 6) is 1.59. The molecule has 4 rings (SSSR count). The van der Waals surface area contributed by atoms with Crippen molar-refractivity contribution in [2.45, 2.75) is 64.3 Å². The third-order valence-electron chi connectivity index (χ3n) is 5.89. The van der Waals surface area contributed by atoms with E-state index in [0.717, 1.165) is 49.3 Å². The van der Waals surface area contributed by atoms with Crippen molar-refractivity contribution in [2.75, 3.05) is 6.61 Å². The van der Waals surface area contributed by atoms with E-state index in [-0.39, 0.29) is 12.0 Å². The number of Topliss-reactive ketones (excluding diaryl/α,β-unsaturated/α-hetero) is 1. The molecule has 0 saturated heterocycles. The van der Waals surface area contributed by atoms with Crippen molar-refractivity contribution in [3.8, 4) is 17.0 Å². The molecule has 1 saturated carbocycles. The molecule has 1 atom stereocenters. The first kappa shape index (κ1) is 17.3. The van der Waals surface area contributed by atoms with Crippen molar-refractivity contribution in [1.29, 1.82) is 0 Å². The Morgan fingerprint density at radius 3 is 2.92 bits per heavy atom. The van der Waals surface area contributed by atoms with Crippen molar-refractivity contribution in [3.05, 3.63) is 36.3 Å². The average molecular weight is 352 g/mol. The fourth-order valence-corrected chi connectivity index (χ4v) is 4.43. The minimum Gasteiger partial charge on any atom is -0.493 e. The molecule has 4 nitrogen and oxygen atoms in total. The second-order valence-corrected chi connectivity index (χ2v) is 7.63. The summed E-state index contributed by atoms with van der Waals surface area (Å²) in [4.78, 5) is 17.3. The fraction of sp³-hybridized carbons (Fsp3) is 0.545. The highest BCUT2D eigenvalue weighted by atomic mass is 16.5. The van der Waals surface area contributed by atoms with Crippen molar-refractivity contribution in [1.82, 2.24) is 9.55 Å². The van der Waals surface area contributed by atoms with Crippen LogP contribution in [0.4, 0.5) is 0 Å². The lowest BCUT2D eigenvalue weighted by Crippen LogP contribution is -2.21. The zero-order valence-corrected chi connectivity index (χ0v) is 15.6. The molecule has 0 N–H and O–H groups in total. The van der Waals surface area contributed by atoms with E-state index in [0.29, 0.717) is 12.2 Å². The number of benzene rings is 1. The molecule has 2 heterocycles. The maximum absolute atomic E-state index is 12.9. The van der Waals surface area contributed by atoms with Gasteiger partial charge < -0.3 is 9.30 Å². The summed E-state index contributed by atoms with van der Waals surface area (Å²) >= 11 is 0. The number of nitrogens with zero attached hydrogens (tertiary/aromatic N) is 2. The SMILES string of the molecule is CCCCOc1cccc2c1-c1cncn1C2CC(=O)C1CCCCC1. The molecule has 0 spiro atoms. The molecule has 26 heavy (non-hydrogen) atoms. The highest BCUT2D eigenvalue weighted by Crippen LogP contribution is 2.46. The van der Waals surface area contributed by atoms with Gasteiger partial charge in [-0.3, -0.25) is 4.79 Å². The Kier molecular flexibility index (Phi) is 5.09. The molecular weight excluding hydrogens is 324 g/mol. The van der Waals surface area contributed by atoms with E-state index in [4.69, 9.17) is 4.74 Å². The van der Waals surface area contributed by atoms with E-state index in [1.54, 1.807) is 0 Å². The molecule has 0 amide bonds. The lowest BCUT2D eigenvalue weighted by atomic mass is 9.83. The maximum atomic E-state index is 12.9. The number of hydrogen-bond acceptors (Lipinski definition) is 3. The molecule has 1 aromatic heterocycles. The number of hydrogen-bond donors (Lipinski definition) is 0. The molecule has 0 bridgehead atoms. The monoisotopic (exact) mass is 352 g/mol. The summed E-state index contributed by atoms with van der Waals surface area (Å²) in [7, 11) is 0. The topological polar surface area (TPSA) is 44.1 Å². The minimum absolute atomic E-state index is 0.0617. The van der Waals surface area contributed by atoms with E-state index >= 15 is 0 Å². The third kappa shape index (κ3) is 3.17. The van der Waals surface area contributed by atoms with E-state index < -0.39 is 0 Å². The predicted octanol–water partition coefficient (Wildman–Crippen LogP) is 5.17. The molecule has 2 aromatic rings. The Labute approximate surface area is 155 Å². The molecule has 138 valence electrons. The van der Waals surface area contributed by atoms with Crippen LogP contribution in [0.2, 0.25) is 0 Å². The predicted molar refractivity (Wildman–Crippen MR) is 102 cm³/mol. The number of carbonyl (C=O) groups is 1. The largest absolute Gasteiger partial charge is 0.493 e. The number of fused-ring (bicyclic) bond motifs is 3. The van der Waals surface area contributed by atoms with Gasteiger partial charge in [0.25, 0.3) is 0 Å². The van der Waals surface area contributed by atoms with E-state index in [1.807, 2.05) is 18.6 Å². The van der Waals surface area contributed by atoms with Gasteiger partial charge in [-0.2, -0.15) is 0 Å². The third-order valence-corrected chi connectivity index (χ3v) is 5.89. The Hall–Kier alpha value is -2.10. The summed E-state index contributed by atoms with van der Waals surface area (Å²) < 4.78 is 8.22. The first-order chi connectivity index (χ1) is 12.8. The van der Waals surface area contributed by atoms with Gasteiger partial charge in [0.1, 0.15) is 11.5 Å².